The quantitative estimate of drug-likeness (QED) is 0.551. The van der Waals surface area contributed by atoms with Crippen LogP contribution in [0.15, 0.2) is 54.6 Å². The summed E-state index contributed by atoms with van der Waals surface area (Å²) in [5, 5.41) is 1.65. The third kappa shape index (κ3) is 6.86. The average molecular weight is 447 g/mol. The van der Waals surface area contributed by atoms with Gasteiger partial charge in [0.05, 0.1) is 7.11 Å². The highest BCUT2D eigenvalue weighted by Crippen LogP contribution is 2.21. The Morgan fingerprint density at radius 2 is 1.73 bits per heavy atom. The van der Waals surface area contributed by atoms with Crippen LogP contribution in [-0.4, -0.2) is 54.1 Å². The van der Waals surface area contributed by atoms with E-state index in [0.717, 1.165) is 55.2 Å². The summed E-state index contributed by atoms with van der Waals surface area (Å²) >= 11 is 7.38. The summed E-state index contributed by atoms with van der Waals surface area (Å²) in [6.07, 6.45) is 0. The van der Waals surface area contributed by atoms with Crippen LogP contribution in [0.1, 0.15) is 12.7 Å². The van der Waals surface area contributed by atoms with Crippen LogP contribution >= 0.6 is 23.1 Å². The normalized spacial score (nSPS) is 14.0. The van der Waals surface area contributed by atoms with Crippen LogP contribution < -0.4 is 14.4 Å². The van der Waals surface area contributed by atoms with E-state index in [1.807, 2.05) is 48.5 Å². The molecule has 3 aromatic rings. The molecule has 0 N–H and O–H groups in total. The van der Waals surface area contributed by atoms with E-state index in [1.165, 1.54) is 11.5 Å². The molecule has 1 aromatic heterocycles. The van der Waals surface area contributed by atoms with Gasteiger partial charge in [-0.15, -0.1) is 0 Å². The third-order valence-corrected chi connectivity index (χ3v) is 5.74. The molecule has 1 fully saturated rings. The molecule has 1 aliphatic rings. The van der Waals surface area contributed by atoms with Gasteiger partial charge >= 0.3 is 0 Å². The Labute approximate surface area is 187 Å². The maximum atomic E-state index is 5.94. The first-order valence-corrected chi connectivity index (χ1v) is 11.1. The molecule has 4 rings (SSSR count). The Kier molecular flexibility index (Phi) is 8.74. The molecule has 0 aliphatic carbocycles. The van der Waals surface area contributed by atoms with Crippen LogP contribution in [-0.2, 0) is 6.61 Å². The van der Waals surface area contributed by atoms with Gasteiger partial charge in [-0.2, -0.15) is 9.36 Å². The first-order chi connectivity index (χ1) is 14.7. The van der Waals surface area contributed by atoms with Crippen molar-refractivity contribution in [1.29, 1.82) is 0 Å². The molecular formula is C22H27ClN4O2S. The van der Waals surface area contributed by atoms with Gasteiger partial charge in [0, 0.05) is 42.7 Å². The molecule has 2 heterocycles. The number of likely N-dealkylation sites (N-methyl/N-ethyl adjacent to an activating group) is 1. The van der Waals surface area contributed by atoms with Gasteiger partial charge in [-0.05, 0) is 36.9 Å². The lowest BCUT2D eigenvalue weighted by atomic mass is 10.3. The lowest BCUT2D eigenvalue weighted by molar-refractivity contribution is 0.270. The molecule has 0 atom stereocenters. The molecule has 160 valence electrons. The highest BCUT2D eigenvalue weighted by molar-refractivity contribution is 7.09. The smallest absolute Gasteiger partial charge is 0.205 e. The molecule has 0 amide bonds. The van der Waals surface area contributed by atoms with Gasteiger partial charge in [0.15, 0.2) is 5.82 Å². The summed E-state index contributed by atoms with van der Waals surface area (Å²) in [5.74, 6) is 2.37. The predicted octanol–water partition coefficient (Wildman–Crippen LogP) is 4.61. The number of benzene rings is 2. The Morgan fingerprint density at radius 1 is 1.00 bits per heavy atom. The van der Waals surface area contributed by atoms with Gasteiger partial charge in [0.1, 0.15) is 18.1 Å². The van der Waals surface area contributed by atoms with E-state index in [-0.39, 0.29) is 0 Å². The number of halogens is 1. The maximum Gasteiger partial charge on any atom is 0.205 e. The molecule has 1 aliphatic heterocycles. The monoisotopic (exact) mass is 446 g/mol. The van der Waals surface area contributed by atoms with Gasteiger partial charge in [-0.3, -0.25) is 0 Å². The fourth-order valence-electron chi connectivity index (χ4n) is 2.95. The van der Waals surface area contributed by atoms with Crippen molar-refractivity contribution in [2.75, 3.05) is 44.7 Å². The highest BCUT2D eigenvalue weighted by atomic mass is 35.5. The van der Waals surface area contributed by atoms with Crippen LogP contribution in [0.5, 0.6) is 11.5 Å². The number of anilines is 1. The number of hydrogen-bond donors (Lipinski definition) is 0. The van der Waals surface area contributed by atoms with E-state index in [9.17, 15) is 0 Å². The van der Waals surface area contributed by atoms with E-state index in [1.54, 1.807) is 13.2 Å². The van der Waals surface area contributed by atoms with Gasteiger partial charge in [0.25, 0.3) is 0 Å². The fraction of sp³-hybridized carbons (Fsp3) is 0.364. The second-order valence-electron chi connectivity index (χ2n) is 6.68. The van der Waals surface area contributed by atoms with Gasteiger partial charge in [-0.25, -0.2) is 0 Å². The van der Waals surface area contributed by atoms with E-state index in [4.69, 9.17) is 21.1 Å². The lowest BCUT2D eigenvalue weighted by Gasteiger charge is -2.33. The van der Waals surface area contributed by atoms with Crippen molar-refractivity contribution in [2.45, 2.75) is 13.5 Å². The number of ether oxygens (including phenoxy) is 2. The Morgan fingerprint density at radius 3 is 2.37 bits per heavy atom. The first kappa shape index (κ1) is 22.3. The van der Waals surface area contributed by atoms with Crippen molar-refractivity contribution in [1.82, 2.24) is 14.3 Å². The minimum Gasteiger partial charge on any atom is -0.497 e. The standard InChI is InChI=1S/C15H19ClN4OS.C7H8O/c1-2-19-6-8-20(9-7-19)15-17-14(18-22-15)11-21-13-5-3-4-12(16)10-13;1-8-7-5-3-2-4-6-7/h3-5,10H,2,6-9,11H2,1H3;2-6H,1H3. The van der Waals surface area contributed by atoms with Crippen LogP contribution in [0.3, 0.4) is 0 Å². The maximum absolute atomic E-state index is 5.94. The largest absolute Gasteiger partial charge is 0.497 e. The fourth-order valence-corrected chi connectivity index (χ4v) is 3.85. The summed E-state index contributed by atoms with van der Waals surface area (Å²) < 4.78 is 15.0. The van der Waals surface area contributed by atoms with Crippen molar-refractivity contribution in [3.63, 3.8) is 0 Å². The Balaban J connectivity index is 0.000000269. The minimum atomic E-state index is 0.367. The number of hydrogen-bond acceptors (Lipinski definition) is 7. The van der Waals surface area contributed by atoms with Crippen molar-refractivity contribution < 1.29 is 9.47 Å². The van der Waals surface area contributed by atoms with Crippen molar-refractivity contribution in [3.8, 4) is 11.5 Å². The number of aromatic nitrogens is 2. The lowest BCUT2D eigenvalue weighted by Crippen LogP contribution is -2.46. The zero-order chi connectivity index (χ0) is 21.2. The highest BCUT2D eigenvalue weighted by Gasteiger charge is 2.19. The number of para-hydroxylation sites is 1. The zero-order valence-corrected chi connectivity index (χ0v) is 18.9. The second kappa shape index (κ2) is 11.7. The van der Waals surface area contributed by atoms with E-state index in [2.05, 4.69) is 26.1 Å². The third-order valence-electron chi connectivity index (χ3n) is 4.69. The molecule has 8 heteroatoms. The molecular weight excluding hydrogens is 420 g/mol. The molecule has 0 radical (unpaired) electrons. The predicted molar refractivity (Wildman–Crippen MR) is 123 cm³/mol. The van der Waals surface area contributed by atoms with Crippen LogP contribution in [0.4, 0.5) is 5.13 Å². The topological polar surface area (TPSA) is 50.7 Å². The number of nitrogens with zero attached hydrogens (tertiary/aromatic N) is 4. The number of piperazine rings is 1. The summed E-state index contributed by atoms with van der Waals surface area (Å²) in [4.78, 5) is 9.32. The molecule has 30 heavy (non-hydrogen) atoms. The van der Waals surface area contributed by atoms with Gasteiger partial charge < -0.3 is 19.3 Å². The van der Waals surface area contributed by atoms with Crippen LogP contribution in [0, 0.1) is 0 Å². The first-order valence-electron chi connectivity index (χ1n) is 9.95. The van der Waals surface area contributed by atoms with Gasteiger partial charge in [0.2, 0.25) is 5.13 Å². The average Bonchev–Trinajstić information content (AvgIpc) is 3.28. The summed E-state index contributed by atoms with van der Waals surface area (Å²) in [6.45, 7) is 7.88. The Hall–Kier alpha value is -2.35. The van der Waals surface area contributed by atoms with Crippen molar-refractivity contribution in [3.05, 3.63) is 65.4 Å². The van der Waals surface area contributed by atoms with Crippen LogP contribution in [0.2, 0.25) is 5.02 Å². The number of methoxy groups -OCH3 is 1. The van der Waals surface area contributed by atoms with Gasteiger partial charge in [-0.1, -0.05) is 42.8 Å². The summed E-state index contributed by atoms with van der Waals surface area (Å²) in [6, 6.07) is 17.0. The summed E-state index contributed by atoms with van der Waals surface area (Å²) in [7, 11) is 1.66. The summed E-state index contributed by atoms with van der Waals surface area (Å²) in [5.41, 5.74) is 0. The minimum absolute atomic E-state index is 0.367. The Bertz CT molecular complexity index is 886. The number of rotatable bonds is 6. The zero-order valence-electron chi connectivity index (χ0n) is 17.3. The SMILES string of the molecule is CCN1CCN(c2nc(COc3cccc(Cl)c3)ns2)CC1.COc1ccccc1. The molecule has 6 nitrogen and oxygen atoms in total. The molecule has 2 aromatic carbocycles. The van der Waals surface area contributed by atoms with Crippen molar-refractivity contribution in [2.24, 2.45) is 0 Å². The van der Waals surface area contributed by atoms with E-state index in [0.29, 0.717) is 11.6 Å². The van der Waals surface area contributed by atoms with E-state index >= 15 is 0 Å². The van der Waals surface area contributed by atoms with Crippen molar-refractivity contribution >= 4 is 28.3 Å². The molecule has 0 spiro atoms. The second-order valence-corrected chi connectivity index (χ2v) is 7.84. The van der Waals surface area contributed by atoms with E-state index < -0.39 is 0 Å². The molecule has 0 unspecified atom stereocenters. The van der Waals surface area contributed by atoms with Crippen LogP contribution in [0.25, 0.3) is 0 Å². The molecule has 1 saturated heterocycles. The molecule has 0 bridgehead atoms. The molecule has 0 saturated carbocycles.